The zero-order chi connectivity index (χ0) is 13.5. The summed E-state index contributed by atoms with van der Waals surface area (Å²) in [7, 11) is 1.19. The molecule has 1 atom stereocenters. The zero-order valence-electron chi connectivity index (χ0n) is 9.96. The summed E-state index contributed by atoms with van der Waals surface area (Å²) in [4.78, 5) is 21.9. The molecule has 0 spiro atoms. The van der Waals surface area contributed by atoms with Crippen LogP contribution in [0.5, 0.6) is 5.75 Å². The van der Waals surface area contributed by atoms with Gasteiger partial charge >= 0.3 is 5.97 Å². The van der Waals surface area contributed by atoms with Crippen LogP contribution in [0.1, 0.15) is 12.0 Å². The quantitative estimate of drug-likeness (QED) is 0.578. The number of rotatable bonds is 6. The monoisotopic (exact) mass is 253 g/mol. The number of methoxy groups -OCH3 is 1. The highest BCUT2D eigenvalue weighted by molar-refractivity contribution is 5.78. The number of carbonyl (C=O) groups is 2. The van der Waals surface area contributed by atoms with E-state index in [1.807, 2.05) is 0 Å². The Hall–Kier alpha value is -2.08. The lowest BCUT2D eigenvalue weighted by atomic mass is 10.1. The normalized spacial score (nSPS) is 11.8. The van der Waals surface area contributed by atoms with Gasteiger partial charge < -0.3 is 25.1 Å². The van der Waals surface area contributed by atoms with Gasteiger partial charge in [-0.15, -0.1) is 0 Å². The molecular weight excluding hydrogens is 238 g/mol. The number of quaternary nitrogens is 1. The van der Waals surface area contributed by atoms with Crippen molar-refractivity contribution in [1.82, 2.24) is 0 Å². The van der Waals surface area contributed by atoms with Gasteiger partial charge in [-0.3, -0.25) is 4.79 Å². The fourth-order valence-electron chi connectivity index (χ4n) is 1.48. The Balaban J connectivity index is 2.60. The maximum absolute atomic E-state index is 11.0. The number of benzene rings is 1. The van der Waals surface area contributed by atoms with E-state index in [1.165, 1.54) is 18.5 Å². The van der Waals surface area contributed by atoms with E-state index in [-0.39, 0.29) is 18.7 Å². The van der Waals surface area contributed by atoms with Crippen LogP contribution in [0.15, 0.2) is 24.3 Å². The number of phenols is 1. The number of aromatic hydroxyl groups is 1. The summed E-state index contributed by atoms with van der Waals surface area (Å²) in [5.41, 5.74) is 0.591. The first-order valence-corrected chi connectivity index (χ1v) is 5.42. The molecule has 0 heterocycles. The summed E-state index contributed by atoms with van der Waals surface area (Å²) >= 11 is 0. The van der Waals surface area contributed by atoms with E-state index in [0.29, 0.717) is 5.56 Å². The third-order valence-corrected chi connectivity index (χ3v) is 2.53. The molecule has 0 fully saturated rings. The number of esters is 1. The lowest BCUT2D eigenvalue weighted by Gasteiger charge is -2.15. The van der Waals surface area contributed by atoms with Gasteiger partial charge in [-0.1, -0.05) is 12.1 Å². The van der Waals surface area contributed by atoms with E-state index in [9.17, 15) is 19.8 Å². The topological polar surface area (TPSA) is 103 Å². The van der Waals surface area contributed by atoms with Crippen LogP contribution in [0.25, 0.3) is 0 Å². The molecule has 1 aromatic carbocycles. The second-order valence-electron chi connectivity index (χ2n) is 3.77. The van der Waals surface area contributed by atoms with E-state index in [0.717, 1.165) is 0 Å². The second kappa shape index (κ2) is 6.61. The third kappa shape index (κ3) is 4.06. The first-order chi connectivity index (χ1) is 8.54. The molecule has 1 rings (SSSR count). The molecule has 0 radical (unpaired) electrons. The van der Waals surface area contributed by atoms with Crippen molar-refractivity contribution in [3.8, 4) is 5.75 Å². The maximum Gasteiger partial charge on any atom is 0.311 e. The standard InChI is InChI=1S/C12H15NO5/c1-18-11(15)6-9(12(16)17)13-7-8-4-2-3-5-10(8)14/h2-5,9,13-14H,6-7H2,1H3,(H,16,17)/t9-/m1/s1. The molecule has 6 nitrogen and oxygen atoms in total. The first-order valence-electron chi connectivity index (χ1n) is 5.42. The maximum atomic E-state index is 11.0. The third-order valence-electron chi connectivity index (χ3n) is 2.53. The Morgan fingerprint density at radius 2 is 2.11 bits per heavy atom. The Kier molecular flexibility index (Phi) is 5.13. The Bertz CT molecular complexity index is 432. The number of hydrogen-bond acceptors (Lipinski definition) is 5. The van der Waals surface area contributed by atoms with Crippen molar-refractivity contribution >= 4 is 11.9 Å². The van der Waals surface area contributed by atoms with Crippen LogP contribution < -0.4 is 10.4 Å². The molecule has 18 heavy (non-hydrogen) atoms. The summed E-state index contributed by atoms with van der Waals surface area (Å²) in [6, 6.07) is 5.56. The Morgan fingerprint density at radius 3 is 2.67 bits per heavy atom. The summed E-state index contributed by atoms with van der Waals surface area (Å²) in [5, 5.41) is 21.8. The van der Waals surface area contributed by atoms with Gasteiger partial charge in [0.05, 0.1) is 13.1 Å². The average Bonchev–Trinajstić information content (AvgIpc) is 2.35. The fourth-order valence-corrected chi connectivity index (χ4v) is 1.48. The van der Waals surface area contributed by atoms with Gasteiger partial charge in [-0.25, -0.2) is 0 Å². The van der Waals surface area contributed by atoms with Crippen molar-refractivity contribution < 1.29 is 29.9 Å². The van der Waals surface area contributed by atoms with Crippen LogP contribution in [0.2, 0.25) is 0 Å². The molecule has 0 unspecified atom stereocenters. The molecule has 0 aliphatic carbocycles. The number of phenolic OH excluding ortho intramolecular Hbond substituents is 1. The second-order valence-corrected chi connectivity index (χ2v) is 3.77. The first kappa shape index (κ1) is 14.0. The lowest BCUT2D eigenvalue weighted by Crippen LogP contribution is -2.92. The predicted octanol–water partition coefficient (Wildman–Crippen LogP) is -1.86. The number of ether oxygens (including phenoxy) is 1. The van der Waals surface area contributed by atoms with Gasteiger partial charge in [0, 0.05) is 5.56 Å². The number of hydrogen-bond donors (Lipinski definition) is 2. The van der Waals surface area contributed by atoms with Crippen LogP contribution in [-0.4, -0.2) is 30.2 Å². The summed E-state index contributed by atoms with van der Waals surface area (Å²) in [5.74, 6) is -1.86. The highest BCUT2D eigenvalue weighted by Gasteiger charge is 2.19. The van der Waals surface area contributed by atoms with Crippen LogP contribution in [0.4, 0.5) is 0 Å². The van der Waals surface area contributed by atoms with Crippen molar-refractivity contribution in [2.75, 3.05) is 7.11 Å². The van der Waals surface area contributed by atoms with Gasteiger partial charge in [-0.05, 0) is 12.1 Å². The van der Waals surface area contributed by atoms with Crippen LogP contribution in [0, 0.1) is 0 Å². The van der Waals surface area contributed by atoms with Gasteiger partial charge in [-0.2, -0.15) is 0 Å². The largest absolute Gasteiger partial charge is 0.544 e. The fraction of sp³-hybridized carbons (Fsp3) is 0.333. The molecule has 1 aromatic rings. The summed E-state index contributed by atoms with van der Waals surface area (Å²) in [6.45, 7) is 0.238. The van der Waals surface area contributed by atoms with E-state index >= 15 is 0 Å². The summed E-state index contributed by atoms with van der Waals surface area (Å²) < 4.78 is 4.41. The zero-order valence-corrected chi connectivity index (χ0v) is 9.96. The number of aliphatic carboxylic acids is 1. The molecule has 0 saturated heterocycles. The van der Waals surface area contributed by atoms with Gasteiger partial charge in [0.2, 0.25) is 0 Å². The molecule has 98 valence electrons. The van der Waals surface area contributed by atoms with E-state index in [4.69, 9.17) is 0 Å². The minimum absolute atomic E-state index is 0.0870. The molecule has 3 N–H and O–H groups in total. The van der Waals surface area contributed by atoms with Crippen LogP contribution >= 0.6 is 0 Å². The number of carboxylic acid groups (broad SMARTS) is 1. The Morgan fingerprint density at radius 1 is 1.44 bits per heavy atom. The van der Waals surface area contributed by atoms with E-state index < -0.39 is 18.0 Å². The van der Waals surface area contributed by atoms with Crippen molar-refractivity contribution in [2.45, 2.75) is 19.0 Å². The molecule has 0 saturated carbocycles. The van der Waals surface area contributed by atoms with Gasteiger partial charge in [0.15, 0.2) is 0 Å². The number of para-hydroxylation sites is 1. The Labute approximate surface area is 104 Å². The minimum Gasteiger partial charge on any atom is -0.544 e. The molecule has 0 aliphatic rings. The van der Waals surface area contributed by atoms with E-state index in [1.54, 1.807) is 18.2 Å². The highest BCUT2D eigenvalue weighted by atomic mass is 16.5. The molecule has 0 aromatic heterocycles. The minimum atomic E-state index is -1.34. The molecule has 0 amide bonds. The number of carboxylic acids is 1. The predicted molar refractivity (Wildman–Crippen MR) is 59.2 cm³/mol. The van der Waals surface area contributed by atoms with Crippen LogP contribution in [-0.2, 0) is 20.9 Å². The molecule has 0 bridgehead atoms. The number of nitrogens with two attached hydrogens (primary N) is 1. The lowest BCUT2D eigenvalue weighted by molar-refractivity contribution is -0.697. The van der Waals surface area contributed by atoms with Gasteiger partial charge in [0.1, 0.15) is 24.8 Å². The van der Waals surface area contributed by atoms with Crippen molar-refractivity contribution in [3.63, 3.8) is 0 Å². The summed E-state index contributed by atoms with van der Waals surface area (Å²) in [6.07, 6.45) is -0.271. The van der Waals surface area contributed by atoms with Crippen molar-refractivity contribution in [1.29, 1.82) is 0 Å². The SMILES string of the molecule is COC(=O)C[C@@H]([NH2+]Cc1ccccc1O)C(=O)[O-]. The van der Waals surface area contributed by atoms with Crippen molar-refractivity contribution in [2.24, 2.45) is 0 Å². The average molecular weight is 253 g/mol. The molecular formula is C12H15NO5. The van der Waals surface area contributed by atoms with E-state index in [2.05, 4.69) is 4.74 Å². The van der Waals surface area contributed by atoms with Crippen LogP contribution in [0.3, 0.4) is 0 Å². The molecule has 6 heteroatoms. The van der Waals surface area contributed by atoms with Crippen molar-refractivity contribution in [3.05, 3.63) is 29.8 Å². The van der Waals surface area contributed by atoms with Gasteiger partial charge in [0.25, 0.3) is 0 Å². The highest BCUT2D eigenvalue weighted by Crippen LogP contribution is 2.13. The number of carbonyl (C=O) groups excluding carboxylic acids is 2. The molecule has 0 aliphatic heterocycles. The smallest absolute Gasteiger partial charge is 0.311 e.